The fourth-order valence-corrected chi connectivity index (χ4v) is 2.56. The third kappa shape index (κ3) is 2.71. The van der Waals surface area contributed by atoms with E-state index in [9.17, 15) is 0 Å². The van der Waals surface area contributed by atoms with Crippen molar-refractivity contribution >= 4 is 16.6 Å². The van der Waals surface area contributed by atoms with Gasteiger partial charge in [0.05, 0.1) is 0 Å². The molecule has 1 aromatic carbocycles. The van der Waals surface area contributed by atoms with E-state index >= 15 is 0 Å². The molecule has 0 aliphatic rings. The van der Waals surface area contributed by atoms with Crippen molar-refractivity contribution in [2.75, 3.05) is 18.5 Å². The summed E-state index contributed by atoms with van der Waals surface area (Å²) >= 11 is 0. The second-order valence-corrected chi connectivity index (χ2v) is 5.06. The fraction of sp³-hybridized carbons (Fsp3) is 0.438. The second kappa shape index (κ2) is 6.02. The van der Waals surface area contributed by atoms with Crippen molar-refractivity contribution in [2.45, 2.75) is 33.4 Å². The molecule has 0 spiro atoms. The summed E-state index contributed by atoms with van der Waals surface area (Å²) in [7, 11) is 1.97. The summed E-state index contributed by atoms with van der Waals surface area (Å²) in [6.07, 6.45) is 2.00. The van der Waals surface area contributed by atoms with Gasteiger partial charge in [-0.1, -0.05) is 24.3 Å². The Bertz CT molecular complexity index is 549. The van der Waals surface area contributed by atoms with Crippen LogP contribution in [0.1, 0.15) is 26.3 Å². The average Bonchev–Trinajstić information content (AvgIpc) is 2.41. The number of hydrogen-bond donors (Lipinski definition) is 1. The van der Waals surface area contributed by atoms with Crippen LogP contribution in [-0.4, -0.2) is 24.6 Å². The lowest BCUT2D eigenvalue weighted by Crippen LogP contribution is -2.31. The Morgan fingerprint density at radius 3 is 2.47 bits per heavy atom. The number of hydrogen-bond acceptors (Lipinski definition) is 3. The summed E-state index contributed by atoms with van der Waals surface area (Å²) in [5.74, 6) is 1.09. The standard InChI is InChI=1S/C16H23N3/c1-5-19(12(2)3)16-15-9-7-6-8-14(15)13(10-17-4)11-18-16/h6-9,11-12,17H,5,10H2,1-4H3. The van der Waals surface area contributed by atoms with Gasteiger partial charge in [-0.05, 0) is 38.8 Å². The second-order valence-electron chi connectivity index (χ2n) is 5.06. The average molecular weight is 257 g/mol. The summed E-state index contributed by atoms with van der Waals surface area (Å²) in [4.78, 5) is 7.04. The van der Waals surface area contributed by atoms with Crippen molar-refractivity contribution in [2.24, 2.45) is 0 Å². The van der Waals surface area contributed by atoms with E-state index in [1.54, 1.807) is 0 Å². The van der Waals surface area contributed by atoms with Crippen LogP contribution in [0.4, 0.5) is 5.82 Å². The summed E-state index contributed by atoms with van der Waals surface area (Å²) in [6.45, 7) is 8.42. The lowest BCUT2D eigenvalue weighted by atomic mass is 10.1. The Morgan fingerprint density at radius 2 is 1.89 bits per heavy atom. The molecule has 0 bridgehead atoms. The van der Waals surface area contributed by atoms with Crippen LogP contribution in [0.25, 0.3) is 10.8 Å². The van der Waals surface area contributed by atoms with Gasteiger partial charge in [-0.3, -0.25) is 0 Å². The highest BCUT2D eigenvalue weighted by Crippen LogP contribution is 2.28. The molecule has 0 aliphatic heterocycles. The predicted octanol–water partition coefficient (Wildman–Crippen LogP) is 3.19. The highest BCUT2D eigenvalue weighted by molar-refractivity contribution is 5.94. The summed E-state index contributed by atoms with van der Waals surface area (Å²) < 4.78 is 0. The number of fused-ring (bicyclic) bond motifs is 1. The maximum atomic E-state index is 4.70. The van der Waals surface area contributed by atoms with Gasteiger partial charge in [0.15, 0.2) is 0 Å². The van der Waals surface area contributed by atoms with Gasteiger partial charge < -0.3 is 10.2 Å². The van der Waals surface area contributed by atoms with Crippen LogP contribution >= 0.6 is 0 Å². The molecule has 1 N–H and O–H groups in total. The van der Waals surface area contributed by atoms with Gasteiger partial charge in [-0.15, -0.1) is 0 Å². The molecule has 1 heterocycles. The first kappa shape index (κ1) is 13.8. The number of nitrogens with zero attached hydrogens (tertiary/aromatic N) is 2. The van der Waals surface area contributed by atoms with Crippen LogP contribution in [0, 0.1) is 0 Å². The smallest absolute Gasteiger partial charge is 0.136 e. The predicted molar refractivity (Wildman–Crippen MR) is 82.7 cm³/mol. The summed E-state index contributed by atoms with van der Waals surface area (Å²) in [5.41, 5.74) is 1.25. The lowest BCUT2D eigenvalue weighted by Gasteiger charge is -2.28. The van der Waals surface area contributed by atoms with Gasteiger partial charge in [-0.25, -0.2) is 4.98 Å². The fourth-order valence-electron chi connectivity index (χ4n) is 2.56. The van der Waals surface area contributed by atoms with E-state index in [0.29, 0.717) is 6.04 Å². The normalized spacial score (nSPS) is 11.2. The zero-order valence-electron chi connectivity index (χ0n) is 12.3. The molecule has 2 aromatic rings. The Kier molecular flexibility index (Phi) is 4.38. The number of anilines is 1. The van der Waals surface area contributed by atoms with Crippen LogP contribution in [-0.2, 0) is 6.54 Å². The molecule has 3 nitrogen and oxygen atoms in total. The Labute approximate surface area is 115 Å². The Balaban J connectivity index is 2.60. The SMILES string of the molecule is CCN(c1ncc(CNC)c2ccccc12)C(C)C. The molecule has 0 radical (unpaired) electrons. The highest BCUT2D eigenvalue weighted by atomic mass is 15.2. The maximum absolute atomic E-state index is 4.70. The molecule has 0 saturated carbocycles. The van der Waals surface area contributed by atoms with E-state index in [1.807, 2.05) is 13.2 Å². The molecule has 0 amide bonds. The molecule has 0 atom stereocenters. The van der Waals surface area contributed by atoms with Crippen LogP contribution in [0.3, 0.4) is 0 Å². The van der Waals surface area contributed by atoms with Crippen molar-refractivity contribution in [1.29, 1.82) is 0 Å². The molecule has 0 fully saturated rings. The first-order valence-electron chi connectivity index (χ1n) is 6.96. The number of rotatable bonds is 5. The molecule has 1 aromatic heterocycles. The van der Waals surface area contributed by atoms with Gasteiger partial charge in [0.2, 0.25) is 0 Å². The van der Waals surface area contributed by atoms with Crippen LogP contribution in [0.15, 0.2) is 30.5 Å². The zero-order chi connectivity index (χ0) is 13.8. The van der Waals surface area contributed by atoms with Gasteiger partial charge >= 0.3 is 0 Å². The summed E-state index contributed by atoms with van der Waals surface area (Å²) in [6, 6.07) is 8.99. The maximum Gasteiger partial charge on any atom is 0.136 e. The molecule has 19 heavy (non-hydrogen) atoms. The van der Waals surface area contributed by atoms with Crippen molar-refractivity contribution < 1.29 is 0 Å². The van der Waals surface area contributed by atoms with Crippen LogP contribution in [0.2, 0.25) is 0 Å². The number of pyridine rings is 1. The molecule has 0 aliphatic carbocycles. The van der Waals surface area contributed by atoms with E-state index in [2.05, 4.69) is 55.3 Å². The minimum Gasteiger partial charge on any atom is -0.354 e. The Hall–Kier alpha value is -1.61. The van der Waals surface area contributed by atoms with Gasteiger partial charge in [0, 0.05) is 30.7 Å². The van der Waals surface area contributed by atoms with Gasteiger partial charge in [-0.2, -0.15) is 0 Å². The number of nitrogens with one attached hydrogen (secondary N) is 1. The molecular weight excluding hydrogens is 234 g/mol. The zero-order valence-corrected chi connectivity index (χ0v) is 12.3. The summed E-state index contributed by atoms with van der Waals surface area (Å²) in [5, 5.41) is 5.74. The monoisotopic (exact) mass is 257 g/mol. The van der Waals surface area contributed by atoms with Crippen LogP contribution in [0.5, 0.6) is 0 Å². The van der Waals surface area contributed by atoms with Crippen molar-refractivity contribution in [3.8, 4) is 0 Å². The largest absolute Gasteiger partial charge is 0.354 e. The third-order valence-electron chi connectivity index (χ3n) is 3.46. The highest BCUT2D eigenvalue weighted by Gasteiger charge is 2.14. The van der Waals surface area contributed by atoms with Crippen molar-refractivity contribution in [1.82, 2.24) is 10.3 Å². The third-order valence-corrected chi connectivity index (χ3v) is 3.46. The van der Waals surface area contributed by atoms with E-state index in [1.165, 1.54) is 16.3 Å². The molecule has 3 heteroatoms. The first-order chi connectivity index (χ1) is 9.19. The van der Waals surface area contributed by atoms with Crippen molar-refractivity contribution in [3.63, 3.8) is 0 Å². The molecular formula is C16H23N3. The number of aromatic nitrogens is 1. The minimum absolute atomic E-state index is 0.455. The van der Waals surface area contributed by atoms with E-state index in [0.717, 1.165) is 18.9 Å². The van der Waals surface area contributed by atoms with E-state index in [4.69, 9.17) is 4.98 Å². The number of benzene rings is 1. The van der Waals surface area contributed by atoms with E-state index < -0.39 is 0 Å². The van der Waals surface area contributed by atoms with Gasteiger partial charge in [0.1, 0.15) is 5.82 Å². The quantitative estimate of drug-likeness (QED) is 0.891. The molecule has 0 saturated heterocycles. The lowest BCUT2D eigenvalue weighted by molar-refractivity contribution is 0.695. The van der Waals surface area contributed by atoms with Crippen molar-refractivity contribution in [3.05, 3.63) is 36.0 Å². The molecule has 102 valence electrons. The Morgan fingerprint density at radius 1 is 1.21 bits per heavy atom. The topological polar surface area (TPSA) is 28.2 Å². The molecule has 2 rings (SSSR count). The van der Waals surface area contributed by atoms with Gasteiger partial charge in [0.25, 0.3) is 0 Å². The first-order valence-corrected chi connectivity index (χ1v) is 6.96. The minimum atomic E-state index is 0.455. The van der Waals surface area contributed by atoms with E-state index in [-0.39, 0.29) is 0 Å². The van der Waals surface area contributed by atoms with Crippen LogP contribution < -0.4 is 10.2 Å². The molecule has 0 unspecified atom stereocenters.